The van der Waals surface area contributed by atoms with Crippen molar-refractivity contribution in [1.29, 1.82) is 0 Å². The van der Waals surface area contributed by atoms with Gasteiger partial charge in [0, 0.05) is 83.5 Å². The number of para-hydroxylation sites is 3. The molecule has 0 aliphatic carbocycles. The van der Waals surface area contributed by atoms with E-state index in [1.165, 1.54) is 21.4 Å². The van der Waals surface area contributed by atoms with Crippen LogP contribution in [0.3, 0.4) is 0 Å². The maximum Gasteiger partial charge on any atom is 0.164 e. The van der Waals surface area contributed by atoms with Crippen molar-refractivity contribution in [3.05, 3.63) is 473 Å². The van der Waals surface area contributed by atoms with Gasteiger partial charge in [-0.3, -0.25) is 0 Å². The Kier molecular flexibility index (Phi) is 23.7. The van der Waals surface area contributed by atoms with Gasteiger partial charge in [-0.2, -0.15) is 0 Å². The second kappa shape index (κ2) is 38.4. The molecule has 0 amide bonds. The average molecular weight is 1780 g/mol. The van der Waals surface area contributed by atoms with E-state index in [1.54, 1.807) is 34.0 Å². The fourth-order valence-corrected chi connectivity index (χ4v) is 19.5. The van der Waals surface area contributed by atoms with Crippen molar-refractivity contribution in [1.82, 2.24) is 59.8 Å². The summed E-state index contributed by atoms with van der Waals surface area (Å²) in [7, 11) is 0. The van der Waals surface area contributed by atoms with Crippen LogP contribution in [-0.2, 0) is 0 Å². The van der Waals surface area contributed by atoms with Crippen LogP contribution in [0, 0.1) is 0 Å². The Morgan fingerprint density at radius 1 is 0.111 bits per heavy atom. The van der Waals surface area contributed by atoms with Gasteiger partial charge in [0.15, 0.2) is 52.4 Å². The van der Waals surface area contributed by atoms with Crippen molar-refractivity contribution in [2.75, 3.05) is 0 Å². The van der Waals surface area contributed by atoms with Crippen molar-refractivity contribution in [3.63, 3.8) is 0 Å². The van der Waals surface area contributed by atoms with Crippen molar-refractivity contribution in [2.24, 2.45) is 0 Å². The van der Waals surface area contributed by atoms with Gasteiger partial charge in [0.1, 0.15) is 15.0 Å². The Morgan fingerprint density at radius 3 is 0.622 bits per heavy atom. The number of thiazole rings is 3. The molecule has 6 aromatic heterocycles. The van der Waals surface area contributed by atoms with Crippen LogP contribution in [-0.4, -0.2) is 59.8 Å². The van der Waals surface area contributed by atoms with Gasteiger partial charge in [-0.25, -0.2) is 59.8 Å². The quantitative estimate of drug-likeness (QED) is 0.0803. The second-order valence-electron chi connectivity index (χ2n) is 32.2. The molecule has 0 saturated carbocycles. The minimum absolute atomic E-state index is 0.622. The van der Waals surface area contributed by atoms with Gasteiger partial charge in [0.05, 0.1) is 30.6 Å². The lowest BCUT2D eigenvalue weighted by Crippen LogP contribution is -2.01. The first kappa shape index (κ1) is 83.3. The first-order chi connectivity index (χ1) is 66.9. The van der Waals surface area contributed by atoms with E-state index in [0.29, 0.717) is 52.4 Å². The van der Waals surface area contributed by atoms with E-state index >= 15 is 0 Å². The molecule has 0 bridgehead atoms. The fraction of sp³-hybridized carbons (Fsp3) is 0. The topological polar surface area (TPSA) is 155 Å². The van der Waals surface area contributed by atoms with Crippen LogP contribution in [0.5, 0.6) is 0 Å². The number of nitrogens with zero attached hydrogens (tertiary/aromatic N) is 12. The fourth-order valence-electron chi connectivity index (χ4n) is 16.5. The van der Waals surface area contributed by atoms with Crippen LogP contribution in [0.4, 0.5) is 0 Å². The third kappa shape index (κ3) is 18.3. The smallest absolute Gasteiger partial charge is 0.164 e. The predicted molar refractivity (Wildman–Crippen MR) is 557 cm³/mol. The minimum Gasteiger partial charge on any atom is -0.235 e. The SMILES string of the molecule is c1ccc(-c2ccc(-c3nc(-c4ccccc4)nc(-c4ccc(-c5cccc6sc(-c7ccccc7)nc56)cc4)n3)cc2)cc1.c1ccc(-c2ccc(-c3nc(-c4ccccc4)nc(-c4cccc(-c5cccc6sc(-c7ccccc7)nc56)c4)n3)cc2)cc1.c1ccc(-c2ccc(-c3nc(-c4ccccc4)nc(-c4ccccc4-c4cccc5sc(-c6ccccc6)nc45)n3)cc2)cc1. The summed E-state index contributed by atoms with van der Waals surface area (Å²) in [4.78, 5) is 60.0. The summed E-state index contributed by atoms with van der Waals surface area (Å²) in [6.07, 6.45) is 0. The van der Waals surface area contributed by atoms with E-state index in [4.69, 9.17) is 59.8 Å². The van der Waals surface area contributed by atoms with Crippen molar-refractivity contribution in [3.8, 4) is 201 Å². The summed E-state index contributed by atoms with van der Waals surface area (Å²) in [5.74, 6) is 5.72. The van der Waals surface area contributed by atoms with Gasteiger partial charge >= 0.3 is 0 Å². The van der Waals surface area contributed by atoms with Crippen LogP contribution in [0.25, 0.3) is 232 Å². The van der Waals surface area contributed by atoms with E-state index < -0.39 is 0 Å². The molecular formula is C120H78N12S3. The molecule has 0 aliphatic rings. The average Bonchev–Trinajstić information content (AvgIpc) is 1.74. The third-order valence-corrected chi connectivity index (χ3v) is 26.6. The van der Waals surface area contributed by atoms with Gasteiger partial charge in [0.2, 0.25) is 0 Å². The lowest BCUT2D eigenvalue weighted by atomic mass is 9.98. The van der Waals surface area contributed by atoms with Crippen LogP contribution >= 0.6 is 34.0 Å². The van der Waals surface area contributed by atoms with E-state index in [1.807, 2.05) is 133 Å². The number of hydrogen-bond acceptors (Lipinski definition) is 15. The van der Waals surface area contributed by atoms with Crippen LogP contribution < -0.4 is 0 Å². The Labute approximate surface area is 792 Å². The molecule has 24 aromatic rings. The maximum atomic E-state index is 5.12. The molecule has 0 spiro atoms. The zero-order valence-electron chi connectivity index (χ0n) is 72.6. The zero-order valence-corrected chi connectivity index (χ0v) is 75.1. The number of aromatic nitrogens is 12. The van der Waals surface area contributed by atoms with Gasteiger partial charge in [-0.05, 0) is 74.3 Å². The van der Waals surface area contributed by atoms with Gasteiger partial charge in [-0.1, -0.05) is 449 Å². The molecule has 0 unspecified atom stereocenters. The highest BCUT2D eigenvalue weighted by Gasteiger charge is 2.23. The Balaban J connectivity index is 0.000000118. The van der Waals surface area contributed by atoms with Gasteiger partial charge in [-0.15, -0.1) is 34.0 Å². The summed E-state index contributed by atoms with van der Waals surface area (Å²) in [5.41, 5.74) is 28.2. The molecule has 24 rings (SSSR count). The Hall–Kier alpha value is -17.3. The normalized spacial score (nSPS) is 11.1. The van der Waals surface area contributed by atoms with Crippen LogP contribution in [0.1, 0.15) is 0 Å². The summed E-state index contributed by atoms with van der Waals surface area (Å²) < 4.78 is 3.47. The molecule has 0 atom stereocenters. The summed E-state index contributed by atoms with van der Waals surface area (Å²) in [6.45, 7) is 0. The van der Waals surface area contributed by atoms with E-state index in [2.05, 4.69) is 340 Å². The first-order valence-electron chi connectivity index (χ1n) is 44.5. The monoisotopic (exact) mass is 1780 g/mol. The number of benzene rings is 18. The highest BCUT2D eigenvalue weighted by molar-refractivity contribution is 7.22. The van der Waals surface area contributed by atoms with Crippen molar-refractivity contribution >= 4 is 64.7 Å². The standard InChI is InChI=1S/3C40H26N4S/c1-4-12-27(13-5-1)28-22-24-30(25-23-28)38-42-37(29-14-6-2-7-15-29)43-39(44-38)33-19-10-18-32(26-33)34-20-11-21-35-36(34)41-40(45-35)31-16-8-3-9-17-31;1-4-13-27(14-5-1)28-23-25-30(26-24-28)38-42-37(29-15-6-2-7-16-29)43-39(44-38)34-20-11-10-19-32(34)33-21-12-22-35-36(33)41-40(45-35)31-17-8-3-9-18-31;1-4-11-27(12-5-1)28-19-23-31(24-20-28)38-42-37(30-13-6-2-7-14-30)43-39(44-38)32-25-21-29(22-26-32)34-17-10-18-35-36(34)41-40(45-35)33-15-8-3-9-16-33/h3*1-26H. The molecule has 0 radical (unpaired) electrons. The summed E-state index contributed by atoms with van der Waals surface area (Å²) in [5, 5.41) is 3.04. The van der Waals surface area contributed by atoms with E-state index in [0.717, 1.165) is 158 Å². The molecule has 0 N–H and O–H groups in total. The summed E-state index contributed by atoms with van der Waals surface area (Å²) >= 11 is 5.14. The molecule has 135 heavy (non-hydrogen) atoms. The molecule has 0 aliphatic heterocycles. The largest absolute Gasteiger partial charge is 0.235 e. The molecule has 12 nitrogen and oxygen atoms in total. The number of hydrogen-bond donors (Lipinski definition) is 0. The molecule has 636 valence electrons. The van der Waals surface area contributed by atoms with Crippen molar-refractivity contribution < 1.29 is 0 Å². The van der Waals surface area contributed by atoms with E-state index in [9.17, 15) is 0 Å². The lowest BCUT2D eigenvalue weighted by Gasteiger charge is -2.12. The van der Waals surface area contributed by atoms with Gasteiger partial charge < -0.3 is 0 Å². The predicted octanol–water partition coefficient (Wildman–Crippen LogP) is 31.4. The first-order valence-corrected chi connectivity index (χ1v) is 46.9. The van der Waals surface area contributed by atoms with Crippen molar-refractivity contribution in [2.45, 2.75) is 0 Å². The number of fused-ring (bicyclic) bond motifs is 3. The number of rotatable bonds is 18. The van der Waals surface area contributed by atoms with E-state index in [-0.39, 0.29) is 0 Å². The Morgan fingerprint density at radius 2 is 0.304 bits per heavy atom. The molecule has 15 heteroatoms. The molecule has 18 aromatic carbocycles. The molecule has 0 saturated heterocycles. The highest BCUT2D eigenvalue weighted by atomic mass is 32.1. The minimum atomic E-state index is 0.622. The lowest BCUT2D eigenvalue weighted by molar-refractivity contribution is 1.07. The van der Waals surface area contributed by atoms with Gasteiger partial charge in [0.25, 0.3) is 0 Å². The molecule has 0 fully saturated rings. The highest BCUT2D eigenvalue weighted by Crippen LogP contribution is 2.44. The second-order valence-corrected chi connectivity index (χ2v) is 35.3. The third-order valence-electron chi connectivity index (χ3n) is 23.4. The molecular weight excluding hydrogens is 1710 g/mol. The van der Waals surface area contributed by atoms with Crippen LogP contribution in [0.2, 0.25) is 0 Å². The Bertz CT molecular complexity index is 8270. The molecule has 6 heterocycles. The van der Waals surface area contributed by atoms with Crippen LogP contribution in [0.15, 0.2) is 473 Å². The zero-order chi connectivity index (χ0) is 90.0. The summed E-state index contributed by atoms with van der Waals surface area (Å²) in [6, 6.07) is 162. The maximum absolute atomic E-state index is 5.12.